The molecule has 0 atom stereocenters. The van der Waals surface area contributed by atoms with Crippen LogP contribution < -0.4 is 0 Å². The molecule has 116 valence electrons. The number of aromatic nitrogens is 3. The van der Waals surface area contributed by atoms with Gasteiger partial charge in [0.15, 0.2) is 15.7 Å². The summed E-state index contributed by atoms with van der Waals surface area (Å²) in [6.45, 7) is 0. The maximum absolute atomic E-state index is 12.2. The highest BCUT2D eigenvalue weighted by atomic mass is 32.2. The molecule has 2 heterocycles. The second-order valence-corrected chi connectivity index (χ2v) is 7.88. The molecule has 0 unspecified atom stereocenters. The fourth-order valence-electron chi connectivity index (χ4n) is 2.84. The van der Waals surface area contributed by atoms with Crippen molar-refractivity contribution >= 4 is 22.0 Å². The fourth-order valence-corrected chi connectivity index (χ4v) is 4.28. The average Bonchev–Trinajstić information content (AvgIpc) is 3.15. The summed E-state index contributed by atoms with van der Waals surface area (Å²) in [5.41, 5.74) is 0.904. The highest BCUT2D eigenvalue weighted by Crippen LogP contribution is 2.43. The Balaban J connectivity index is 1.89. The molecule has 1 saturated carbocycles. The van der Waals surface area contributed by atoms with Crippen LogP contribution in [0.15, 0.2) is 29.0 Å². The molecule has 0 aliphatic heterocycles. The lowest BCUT2D eigenvalue weighted by molar-refractivity contribution is 0.390. The van der Waals surface area contributed by atoms with E-state index in [1.807, 2.05) is 12.1 Å². The van der Waals surface area contributed by atoms with Gasteiger partial charge in [-0.05, 0) is 30.5 Å². The van der Waals surface area contributed by atoms with E-state index < -0.39 is 14.6 Å². The molecule has 0 saturated heterocycles. The normalized spacial score (nSPS) is 18.0. The van der Waals surface area contributed by atoms with Crippen LogP contribution in [-0.4, -0.2) is 29.8 Å². The van der Waals surface area contributed by atoms with Crippen LogP contribution in [0.4, 0.5) is 0 Å². The van der Waals surface area contributed by atoms with Crippen LogP contribution in [0.5, 0.6) is 0 Å². The number of hydrogen-bond acceptors (Lipinski definition) is 6. The van der Waals surface area contributed by atoms with Crippen molar-refractivity contribution in [2.45, 2.75) is 30.4 Å². The molecular formula is C15H17N3O3S. The number of sulfone groups is 1. The van der Waals surface area contributed by atoms with E-state index in [1.165, 1.54) is 6.26 Å². The van der Waals surface area contributed by atoms with Crippen LogP contribution in [0.3, 0.4) is 0 Å². The third-order valence-electron chi connectivity index (χ3n) is 4.07. The predicted molar refractivity (Wildman–Crippen MR) is 82.5 cm³/mol. The fraction of sp³-hybridized carbons (Fsp3) is 0.400. The third-order valence-corrected chi connectivity index (χ3v) is 6.08. The zero-order chi connectivity index (χ0) is 15.6. The van der Waals surface area contributed by atoms with E-state index in [2.05, 4.69) is 15.1 Å². The van der Waals surface area contributed by atoms with Crippen LogP contribution in [0.1, 0.15) is 43.0 Å². The molecule has 1 aliphatic rings. The molecule has 0 bridgehead atoms. The molecule has 6 nitrogen and oxygen atoms in total. The van der Waals surface area contributed by atoms with E-state index in [0.717, 1.165) is 18.4 Å². The molecule has 0 radical (unpaired) electrons. The van der Waals surface area contributed by atoms with Crippen LogP contribution in [0, 0.1) is 0 Å². The van der Waals surface area contributed by atoms with Crippen molar-refractivity contribution in [1.82, 2.24) is 15.1 Å². The van der Waals surface area contributed by atoms with E-state index in [0.29, 0.717) is 18.7 Å². The van der Waals surface area contributed by atoms with Crippen molar-refractivity contribution in [3.05, 3.63) is 41.8 Å². The summed E-state index contributed by atoms with van der Waals surface area (Å²) in [5.74, 6) is 0.576. The summed E-state index contributed by atoms with van der Waals surface area (Å²) in [6, 6.07) is 3.73. The highest BCUT2D eigenvalue weighted by molar-refractivity contribution is 7.91. The van der Waals surface area contributed by atoms with Crippen LogP contribution in [-0.2, 0) is 14.6 Å². The van der Waals surface area contributed by atoms with Gasteiger partial charge in [0.25, 0.3) is 5.89 Å². The summed E-state index contributed by atoms with van der Waals surface area (Å²) in [5, 5.41) is 3.92. The molecule has 3 rings (SSSR count). The van der Waals surface area contributed by atoms with E-state index >= 15 is 0 Å². The molecule has 0 N–H and O–H groups in total. The lowest BCUT2D eigenvalue weighted by Crippen LogP contribution is -2.33. The third kappa shape index (κ3) is 2.68. The first-order valence-corrected chi connectivity index (χ1v) is 9.02. The van der Waals surface area contributed by atoms with Gasteiger partial charge in [0.05, 0.1) is 0 Å². The summed E-state index contributed by atoms with van der Waals surface area (Å²) < 4.78 is 28.6. The van der Waals surface area contributed by atoms with Gasteiger partial charge in [-0.3, -0.25) is 4.98 Å². The van der Waals surface area contributed by atoms with E-state index in [1.54, 1.807) is 24.5 Å². The molecule has 0 spiro atoms. The lowest BCUT2D eigenvalue weighted by Gasteiger charge is -2.22. The summed E-state index contributed by atoms with van der Waals surface area (Å²) in [4.78, 5) is 8.29. The van der Waals surface area contributed by atoms with Gasteiger partial charge >= 0.3 is 0 Å². The molecule has 0 amide bonds. The minimum Gasteiger partial charge on any atom is -0.335 e. The molecule has 22 heavy (non-hydrogen) atoms. The zero-order valence-electron chi connectivity index (χ0n) is 12.3. The SMILES string of the molecule is CS(=O)(=O)C1(c2noc(/C=C/c3cccnc3)n2)CCCC1. The Labute approximate surface area is 129 Å². The standard InChI is InChI=1S/C15H17N3O3S/c1-22(19,20)15(8-2-3-9-15)14-17-13(21-18-14)7-6-12-5-4-10-16-11-12/h4-7,10-11H,2-3,8-9H2,1H3/b7-6+. The molecular weight excluding hydrogens is 302 g/mol. The van der Waals surface area contributed by atoms with Crippen LogP contribution in [0.2, 0.25) is 0 Å². The van der Waals surface area contributed by atoms with Gasteiger partial charge in [-0.1, -0.05) is 24.1 Å². The second-order valence-electron chi connectivity index (χ2n) is 5.55. The molecule has 2 aromatic rings. The Kier molecular flexibility index (Phi) is 3.82. The van der Waals surface area contributed by atoms with Gasteiger partial charge in [0.2, 0.25) is 0 Å². The minimum absolute atomic E-state index is 0.276. The van der Waals surface area contributed by atoms with Gasteiger partial charge < -0.3 is 4.52 Å². The van der Waals surface area contributed by atoms with E-state index in [-0.39, 0.29) is 5.82 Å². The van der Waals surface area contributed by atoms with Gasteiger partial charge in [-0.25, -0.2) is 8.42 Å². The Morgan fingerprint density at radius 2 is 2.05 bits per heavy atom. The summed E-state index contributed by atoms with van der Waals surface area (Å²) in [7, 11) is -3.29. The zero-order valence-corrected chi connectivity index (χ0v) is 13.1. The quantitative estimate of drug-likeness (QED) is 0.860. The van der Waals surface area contributed by atoms with Crippen molar-refractivity contribution in [3.63, 3.8) is 0 Å². The largest absolute Gasteiger partial charge is 0.335 e. The second kappa shape index (κ2) is 5.64. The Hall–Kier alpha value is -2.02. The van der Waals surface area contributed by atoms with Gasteiger partial charge in [-0.2, -0.15) is 4.98 Å². The van der Waals surface area contributed by atoms with Gasteiger partial charge in [0, 0.05) is 24.7 Å². The predicted octanol–water partition coefficient (Wildman–Crippen LogP) is 2.45. The van der Waals surface area contributed by atoms with Crippen LogP contribution in [0.25, 0.3) is 12.2 Å². The Morgan fingerprint density at radius 1 is 1.27 bits per heavy atom. The number of pyridine rings is 1. The minimum atomic E-state index is -3.29. The average molecular weight is 319 g/mol. The smallest absolute Gasteiger partial charge is 0.250 e. The molecule has 1 fully saturated rings. The molecule has 1 aliphatic carbocycles. The van der Waals surface area contributed by atoms with Crippen molar-refractivity contribution < 1.29 is 12.9 Å². The molecule has 7 heteroatoms. The lowest BCUT2D eigenvalue weighted by atomic mass is 10.1. The van der Waals surface area contributed by atoms with E-state index in [9.17, 15) is 8.42 Å². The Bertz CT molecular complexity index is 775. The van der Waals surface area contributed by atoms with Crippen molar-refractivity contribution in [1.29, 1.82) is 0 Å². The summed E-state index contributed by atoms with van der Waals surface area (Å²) >= 11 is 0. The Morgan fingerprint density at radius 3 is 2.68 bits per heavy atom. The molecule has 0 aromatic carbocycles. The van der Waals surface area contributed by atoms with Gasteiger partial charge in [0.1, 0.15) is 4.75 Å². The topological polar surface area (TPSA) is 86.0 Å². The maximum atomic E-state index is 12.2. The first-order valence-electron chi connectivity index (χ1n) is 7.13. The maximum Gasteiger partial charge on any atom is 0.250 e. The van der Waals surface area contributed by atoms with E-state index in [4.69, 9.17) is 4.52 Å². The highest BCUT2D eigenvalue weighted by Gasteiger charge is 2.48. The molecule has 2 aromatic heterocycles. The number of rotatable bonds is 4. The monoisotopic (exact) mass is 319 g/mol. The van der Waals surface area contributed by atoms with Crippen molar-refractivity contribution in [2.75, 3.05) is 6.26 Å². The van der Waals surface area contributed by atoms with Crippen molar-refractivity contribution in [3.8, 4) is 0 Å². The first-order chi connectivity index (χ1) is 10.5. The van der Waals surface area contributed by atoms with Crippen molar-refractivity contribution in [2.24, 2.45) is 0 Å². The van der Waals surface area contributed by atoms with Crippen LogP contribution >= 0.6 is 0 Å². The number of hydrogen-bond donors (Lipinski definition) is 0. The van der Waals surface area contributed by atoms with Gasteiger partial charge in [-0.15, -0.1) is 0 Å². The number of nitrogens with zero attached hydrogens (tertiary/aromatic N) is 3. The summed E-state index contributed by atoms with van der Waals surface area (Å²) in [6.07, 6.45) is 10.9. The first kappa shape index (κ1) is 14.9.